The smallest absolute Gasteiger partial charge is 0.166 e. The van der Waals surface area contributed by atoms with Gasteiger partial charge in [0.2, 0.25) is 0 Å². The minimum Gasteiger partial charge on any atom is -0.488 e. The van der Waals surface area contributed by atoms with E-state index < -0.39 is 5.60 Å². The standard InChI is InChI=1S/C26H32O3S/c1-8-9-19-16-20(12-15-22(27)18-10-13-21(30)14-11-18)24(29-26(5,6)7)17-23(19)28-25(2,3)4/h8,10-18H,1,9H2,2-7H3/b15-12+. The maximum Gasteiger partial charge on any atom is 0.166 e. The first-order valence-electron chi connectivity index (χ1n) is 10.2. The molecule has 1 aliphatic rings. The highest BCUT2D eigenvalue weighted by molar-refractivity contribution is 7.81. The summed E-state index contributed by atoms with van der Waals surface area (Å²) in [6, 6.07) is 3.92. The number of carbonyl (C=O) groups excluding carboxylic acids is 1. The first kappa shape index (κ1) is 23.8. The fourth-order valence-electron chi connectivity index (χ4n) is 2.90. The zero-order valence-corrected chi connectivity index (χ0v) is 19.6. The average molecular weight is 425 g/mol. The Kier molecular flexibility index (Phi) is 7.59. The molecule has 160 valence electrons. The second-order valence-corrected chi connectivity index (χ2v) is 9.77. The second-order valence-electron chi connectivity index (χ2n) is 9.30. The van der Waals surface area contributed by atoms with Gasteiger partial charge in [-0.25, -0.2) is 0 Å². The minimum atomic E-state index is -0.393. The van der Waals surface area contributed by atoms with Crippen LogP contribution in [0.2, 0.25) is 0 Å². The molecular formula is C26H32O3S. The van der Waals surface area contributed by atoms with E-state index in [4.69, 9.17) is 21.7 Å². The van der Waals surface area contributed by atoms with Gasteiger partial charge in [0.25, 0.3) is 0 Å². The van der Waals surface area contributed by atoms with E-state index in [-0.39, 0.29) is 17.3 Å². The third-order valence-corrected chi connectivity index (χ3v) is 4.35. The zero-order valence-electron chi connectivity index (χ0n) is 18.8. The van der Waals surface area contributed by atoms with Crippen LogP contribution in [0.4, 0.5) is 0 Å². The topological polar surface area (TPSA) is 35.5 Å². The zero-order chi connectivity index (χ0) is 22.5. The molecule has 1 aromatic rings. The Morgan fingerprint density at radius 1 is 1.03 bits per heavy atom. The Bertz CT molecular complexity index is 889. The Morgan fingerprint density at radius 3 is 2.13 bits per heavy atom. The predicted molar refractivity (Wildman–Crippen MR) is 130 cm³/mol. The number of thiocarbonyl (C=S) groups is 1. The first-order chi connectivity index (χ1) is 13.9. The first-order valence-corrected chi connectivity index (χ1v) is 10.6. The summed E-state index contributed by atoms with van der Waals surface area (Å²) >= 11 is 5.10. The van der Waals surface area contributed by atoms with E-state index in [0.717, 1.165) is 21.7 Å². The molecule has 0 aromatic heterocycles. The number of ether oxygens (including phenoxy) is 2. The van der Waals surface area contributed by atoms with Crippen LogP contribution in [-0.2, 0) is 11.2 Å². The van der Waals surface area contributed by atoms with Gasteiger partial charge in [-0.2, -0.15) is 0 Å². The van der Waals surface area contributed by atoms with Crippen LogP contribution in [-0.4, -0.2) is 21.8 Å². The summed E-state index contributed by atoms with van der Waals surface area (Å²) in [5.74, 6) is 1.13. The minimum absolute atomic E-state index is 0.00741. The van der Waals surface area contributed by atoms with E-state index >= 15 is 0 Å². The van der Waals surface area contributed by atoms with E-state index in [1.54, 1.807) is 18.2 Å². The number of allylic oxidation sites excluding steroid dienone is 6. The summed E-state index contributed by atoms with van der Waals surface area (Å²) in [5.41, 5.74) is 1.09. The van der Waals surface area contributed by atoms with Gasteiger partial charge in [0.05, 0.1) is 5.92 Å². The van der Waals surface area contributed by atoms with Crippen molar-refractivity contribution in [1.82, 2.24) is 0 Å². The van der Waals surface area contributed by atoms with Gasteiger partial charge in [0.1, 0.15) is 22.7 Å². The van der Waals surface area contributed by atoms with Crippen molar-refractivity contribution in [1.29, 1.82) is 0 Å². The van der Waals surface area contributed by atoms with Crippen molar-refractivity contribution >= 4 is 28.9 Å². The number of hydrogen-bond donors (Lipinski definition) is 0. The molecule has 0 fully saturated rings. The quantitative estimate of drug-likeness (QED) is 0.286. The Hall–Kier alpha value is -2.46. The molecule has 0 radical (unpaired) electrons. The lowest BCUT2D eigenvalue weighted by Gasteiger charge is -2.27. The molecule has 0 bridgehead atoms. The molecule has 0 atom stereocenters. The molecule has 0 aliphatic heterocycles. The summed E-state index contributed by atoms with van der Waals surface area (Å²) in [7, 11) is 0. The van der Waals surface area contributed by atoms with Crippen molar-refractivity contribution in [3.8, 4) is 11.5 Å². The molecule has 0 heterocycles. The molecule has 0 saturated heterocycles. The van der Waals surface area contributed by atoms with Crippen LogP contribution in [0.1, 0.15) is 52.7 Å². The van der Waals surface area contributed by atoms with Gasteiger partial charge in [-0.3, -0.25) is 4.79 Å². The van der Waals surface area contributed by atoms with Crippen molar-refractivity contribution in [3.63, 3.8) is 0 Å². The molecule has 1 aromatic carbocycles. The number of hydrogen-bond acceptors (Lipinski definition) is 4. The van der Waals surface area contributed by atoms with Crippen molar-refractivity contribution in [2.45, 2.75) is 59.2 Å². The van der Waals surface area contributed by atoms with Crippen molar-refractivity contribution in [3.05, 3.63) is 66.3 Å². The van der Waals surface area contributed by atoms with Gasteiger partial charge in [-0.1, -0.05) is 30.4 Å². The fraction of sp³-hybridized carbons (Fsp3) is 0.385. The molecule has 0 spiro atoms. The summed E-state index contributed by atoms with van der Waals surface area (Å²) in [6.07, 6.45) is 13.1. The number of ketones is 1. The van der Waals surface area contributed by atoms with E-state index in [1.807, 2.05) is 78.0 Å². The highest BCUT2D eigenvalue weighted by Crippen LogP contribution is 2.35. The van der Waals surface area contributed by atoms with Crippen LogP contribution in [0, 0.1) is 5.92 Å². The van der Waals surface area contributed by atoms with Crippen LogP contribution >= 0.6 is 12.2 Å². The molecule has 3 nitrogen and oxygen atoms in total. The molecule has 2 rings (SSSR count). The van der Waals surface area contributed by atoms with Gasteiger partial charge in [0, 0.05) is 16.5 Å². The van der Waals surface area contributed by atoms with Crippen LogP contribution in [0.25, 0.3) is 6.08 Å². The molecule has 4 heteroatoms. The van der Waals surface area contributed by atoms with Crippen LogP contribution in [0.5, 0.6) is 11.5 Å². The predicted octanol–water partition coefficient (Wildman–Crippen LogP) is 6.46. The van der Waals surface area contributed by atoms with Gasteiger partial charge in [0.15, 0.2) is 5.78 Å². The maximum atomic E-state index is 12.6. The summed E-state index contributed by atoms with van der Waals surface area (Å²) in [6.45, 7) is 15.9. The molecular weight excluding hydrogens is 392 g/mol. The van der Waals surface area contributed by atoms with E-state index in [2.05, 4.69) is 6.58 Å². The van der Waals surface area contributed by atoms with E-state index in [9.17, 15) is 4.79 Å². The highest BCUT2D eigenvalue weighted by atomic mass is 32.1. The van der Waals surface area contributed by atoms with Crippen LogP contribution < -0.4 is 9.47 Å². The van der Waals surface area contributed by atoms with Crippen molar-refractivity contribution in [2.24, 2.45) is 5.92 Å². The van der Waals surface area contributed by atoms with Crippen molar-refractivity contribution in [2.75, 3.05) is 0 Å². The normalized spacial score (nSPS) is 14.9. The van der Waals surface area contributed by atoms with Gasteiger partial charge in [-0.15, -0.1) is 6.58 Å². The molecule has 0 unspecified atom stereocenters. The molecule has 0 saturated carbocycles. The summed E-state index contributed by atoms with van der Waals surface area (Å²) < 4.78 is 12.4. The summed E-state index contributed by atoms with van der Waals surface area (Å²) in [5, 5.41) is 0. The third-order valence-electron chi connectivity index (χ3n) is 4.08. The Morgan fingerprint density at radius 2 is 1.60 bits per heavy atom. The average Bonchev–Trinajstić information content (AvgIpc) is 2.60. The Labute approximate surface area is 186 Å². The summed E-state index contributed by atoms with van der Waals surface area (Å²) in [4.78, 5) is 13.4. The lowest BCUT2D eigenvalue weighted by atomic mass is 9.97. The lowest BCUT2D eigenvalue weighted by Crippen LogP contribution is -2.25. The lowest BCUT2D eigenvalue weighted by molar-refractivity contribution is -0.115. The van der Waals surface area contributed by atoms with E-state index in [0.29, 0.717) is 12.2 Å². The monoisotopic (exact) mass is 424 g/mol. The SMILES string of the molecule is C=CCc1cc(/C=C/C(=O)C2C=CC(=S)C=C2)c(OC(C)(C)C)cc1OC(C)(C)C. The number of rotatable bonds is 7. The largest absolute Gasteiger partial charge is 0.488 e. The van der Waals surface area contributed by atoms with Crippen LogP contribution in [0.15, 0.2) is 55.2 Å². The maximum absolute atomic E-state index is 12.6. The molecule has 1 aliphatic carbocycles. The van der Waals surface area contributed by atoms with Gasteiger partial charge >= 0.3 is 0 Å². The third kappa shape index (κ3) is 7.42. The number of benzene rings is 1. The van der Waals surface area contributed by atoms with Gasteiger partial charge < -0.3 is 9.47 Å². The van der Waals surface area contributed by atoms with Crippen LogP contribution in [0.3, 0.4) is 0 Å². The van der Waals surface area contributed by atoms with Crippen molar-refractivity contribution < 1.29 is 14.3 Å². The van der Waals surface area contributed by atoms with E-state index in [1.165, 1.54) is 0 Å². The highest BCUT2D eigenvalue weighted by Gasteiger charge is 2.20. The number of carbonyl (C=O) groups is 1. The molecule has 30 heavy (non-hydrogen) atoms. The fourth-order valence-corrected chi connectivity index (χ4v) is 3.06. The Balaban J connectivity index is 2.44. The second kappa shape index (κ2) is 9.57. The van der Waals surface area contributed by atoms with Gasteiger partial charge in [-0.05, 0) is 83.9 Å². The molecule has 0 amide bonds. The molecule has 0 N–H and O–H groups in total.